The van der Waals surface area contributed by atoms with Crippen LogP contribution in [0.1, 0.15) is 0 Å². The smallest absolute Gasteiger partial charge is 0.213 e. The van der Waals surface area contributed by atoms with Gasteiger partial charge in [-0.25, -0.2) is 18.3 Å². The van der Waals surface area contributed by atoms with E-state index in [-0.39, 0.29) is 0 Å². The summed E-state index contributed by atoms with van der Waals surface area (Å²) in [6.07, 6.45) is 1.67. The average molecular weight is 316 g/mol. The van der Waals surface area contributed by atoms with Crippen LogP contribution in [0.4, 0.5) is 8.78 Å². The molecule has 0 unspecified atom stereocenters. The highest BCUT2D eigenvalue weighted by molar-refractivity contribution is 9.11. The van der Waals surface area contributed by atoms with E-state index < -0.39 is 11.6 Å². The number of hydrogen-bond donors (Lipinski definition) is 0. The molecule has 17 heavy (non-hydrogen) atoms. The third-order valence-electron chi connectivity index (χ3n) is 2.23. The normalized spacial score (nSPS) is 11.2. The Morgan fingerprint density at radius 1 is 1.24 bits per heavy atom. The molecule has 7 heteroatoms. The zero-order valence-corrected chi connectivity index (χ0v) is 10.6. The molecule has 0 aliphatic heterocycles. The Morgan fingerprint density at radius 3 is 2.76 bits per heavy atom. The first-order chi connectivity index (χ1) is 8.13. The van der Waals surface area contributed by atoms with Crippen molar-refractivity contribution in [3.8, 4) is 11.3 Å². The van der Waals surface area contributed by atoms with E-state index in [1.54, 1.807) is 10.7 Å². The summed E-state index contributed by atoms with van der Waals surface area (Å²) in [5.41, 5.74) is 1.09. The van der Waals surface area contributed by atoms with Crippen LogP contribution in [0.5, 0.6) is 0 Å². The van der Waals surface area contributed by atoms with Crippen molar-refractivity contribution >= 4 is 32.2 Å². The SMILES string of the molecule is Fc1ccc(-c2cn3nc(Br)sc3n2)cc1F. The van der Waals surface area contributed by atoms with Crippen molar-refractivity contribution in [2.45, 2.75) is 0 Å². The van der Waals surface area contributed by atoms with E-state index in [1.165, 1.54) is 17.4 Å². The summed E-state index contributed by atoms with van der Waals surface area (Å²) in [6, 6.07) is 3.69. The Kier molecular flexibility index (Phi) is 2.44. The highest BCUT2D eigenvalue weighted by Gasteiger charge is 2.10. The monoisotopic (exact) mass is 315 g/mol. The van der Waals surface area contributed by atoms with Crippen molar-refractivity contribution in [3.05, 3.63) is 39.9 Å². The Balaban J connectivity index is 2.13. The van der Waals surface area contributed by atoms with Crippen molar-refractivity contribution < 1.29 is 8.78 Å². The maximum atomic E-state index is 13.1. The summed E-state index contributed by atoms with van der Waals surface area (Å²) in [7, 11) is 0. The number of fused-ring (bicyclic) bond motifs is 1. The largest absolute Gasteiger partial charge is 0.217 e. The Bertz CT molecular complexity index is 675. The fourth-order valence-corrected chi connectivity index (χ4v) is 2.69. The first-order valence-corrected chi connectivity index (χ1v) is 6.21. The highest BCUT2D eigenvalue weighted by atomic mass is 79.9. The summed E-state index contributed by atoms with van der Waals surface area (Å²) >= 11 is 4.61. The first kappa shape index (κ1) is 10.8. The summed E-state index contributed by atoms with van der Waals surface area (Å²) in [5, 5.41) is 4.12. The third kappa shape index (κ3) is 1.85. The quantitative estimate of drug-likeness (QED) is 0.688. The molecule has 0 saturated heterocycles. The molecule has 0 N–H and O–H groups in total. The van der Waals surface area contributed by atoms with E-state index in [0.717, 1.165) is 16.0 Å². The topological polar surface area (TPSA) is 30.2 Å². The molecule has 3 rings (SSSR count). The van der Waals surface area contributed by atoms with Gasteiger partial charge >= 0.3 is 0 Å². The van der Waals surface area contributed by atoms with Gasteiger partial charge in [-0.3, -0.25) is 0 Å². The van der Waals surface area contributed by atoms with Gasteiger partial charge in [0, 0.05) is 5.56 Å². The molecule has 0 saturated carbocycles. The van der Waals surface area contributed by atoms with Gasteiger partial charge in [-0.15, -0.1) is 5.10 Å². The van der Waals surface area contributed by atoms with Crippen molar-refractivity contribution in [1.82, 2.24) is 14.6 Å². The maximum absolute atomic E-state index is 13.1. The Hall–Kier alpha value is -1.34. The van der Waals surface area contributed by atoms with Crippen LogP contribution in [0.25, 0.3) is 16.2 Å². The molecule has 2 aromatic heterocycles. The second-order valence-corrected chi connectivity index (χ2v) is 5.57. The molecule has 3 nitrogen and oxygen atoms in total. The Labute approximate surface area is 107 Å². The molecule has 0 aliphatic carbocycles. The van der Waals surface area contributed by atoms with E-state index in [1.807, 2.05) is 0 Å². The molecule has 0 spiro atoms. The predicted octanol–water partition coefficient (Wildman–Crippen LogP) is 3.50. The predicted molar refractivity (Wildman–Crippen MR) is 63.9 cm³/mol. The molecule has 0 atom stereocenters. The van der Waals surface area contributed by atoms with Gasteiger partial charge in [0.2, 0.25) is 4.96 Å². The van der Waals surface area contributed by atoms with Gasteiger partial charge in [-0.1, -0.05) is 11.3 Å². The third-order valence-corrected chi connectivity index (χ3v) is 3.59. The minimum absolute atomic E-state index is 0.526. The lowest BCUT2D eigenvalue weighted by Crippen LogP contribution is -1.85. The number of rotatable bonds is 1. The van der Waals surface area contributed by atoms with Crippen LogP contribution in [0.3, 0.4) is 0 Å². The van der Waals surface area contributed by atoms with Crippen LogP contribution in [-0.4, -0.2) is 14.6 Å². The minimum atomic E-state index is -0.881. The molecule has 0 fully saturated rings. The van der Waals surface area contributed by atoms with Crippen molar-refractivity contribution in [1.29, 1.82) is 0 Å². The molecular weight excluding hydrogens is 312 g/mol. The van der Waals surface area contributed by atoms with Gasteiger partial charge in [0.15, 0.2) is 15.6 Å². The van der Waals surface area contributed by atoms with Crippen LogP contribution < -0.4 is 0 Å². The van der Waals surface area contributed by atoms with Gasteiger partial charge in [0.05, 0.1) is 11.9 Å². The number of benzene rings is 1. The van der Waals surface area contributed by atoms with Crippen LogP contribution in [-0.2, 0) is 0 Å². The molecule has 1 aromatic carbocycles. The van der Waals surface area contributed by atoms with Gasteiger partial charge < -0.3 is 0 Å². The van der Waals surface area contributed by atoms with E-state index in [0.29, 0.717) is 16.2 Å². The average Bonchev–Trinajstić information content (AvgIpc) is 2.79. The number of aromatic nitrogens is 3. The molecule has 0 bridgehead atoms. The second-order valence-electron chi connectivity index (χ2n) is 3.34. The lowest BCUT2D eigenvalue weighted by atomic mass is 10.1. The van der Waals surface area contributed by atoms with Crippen molar-refractivity contribution in [2.75, 3.05) is 0 Å². The molecule has 3 aromatic rings. The number of hydrogen-bond acceptors (Lipinski definition) is 3. The van der Waals surface area contributed by atoms with E-state index in [2.05, 4.69) is 26.0 Å². The van der Waals surface area contributed by atoms with Crippen LogP contribution in [0.15, 0.2) is 28.3 Å². The second kappa shape index (κ2) is 3.85. The molecule has 0 radical (unpaired) electrons. The number of halogens is 3. The molecule has 0 aliphatic rings. The summed E-state index contributed by atoms with van der Waals surface area (Å²) in [6.45, 7) is 0. The number of imidazole rings is 1. The lowest BCUT2D eigenvalue weighted by molar-refractivity contribution is 0.509. The molecule has 0 amide bonds. The summed E-state index contributed by atoms with van der Waals surface area (Å²) < 4.78 is 28.2. The molecule has 2 heterocycles. The Morgan fingerprint density at radius 2 is 2.06 bits per heavy atom. The standard InChI is InChI=1S/C10H4BrF2N3S/c11-9-15-16-4-8(14-10(16)17-9)5-1-2-6(12)7(13)3-5/h1-4H. The van der Waals surface area contributed by atoms with Gasteiger partial charge in [-0.2, -0.15) is 0 Å². The summed E-state index contributed by atoms with van der Waals surface area (Å²) in [5.74, 6) is -1.75. The van der Waals surface area contributed by atoms with Crippen molar-refractivity contribution in [3.63, 3.8) is 0 Å². The van der Waals surface area contributed by atoms with Gasteiger partial charge in [-0.05, 0) is 34.1 Å². The van der Waals surface area contributed by atoms with E-state index >= 15 is 0 Å². The molecule has 86 valence electrons. The van der Waals surface area contributed by atoms with E-state index in [4.69, 9.17) is 0 Å². The fraction of sp³-hybridized carbons (Fsp3) is 0. The minimum Gasteiger partial charge on any atom is -0.217 e. The maximum Gasteiger partial charge on any atom is 0.213 e. The van der Waals surface area contributed by atoms with Crippen LogP contribution in [0.2, 0.25) is 0 Å². The zero-order valence-electron chi connectivity index (χ0n) is 8.19. The van der Waals surface area contributed by atoms with Crippen LogP contribution >= 0.6 is 27.3 Å². The van der Waals surface area contributed by atoms with Crippen molar-refractivity contribution in [2.24, 2.45) is 0 Å². The molecular formula is C10H4BrF2N3S. The summed E-state index contributed by atoms with van der Waals surface area (Å²) in [4.78, 5) is 4.97. The zero-order chi connectivity index (χ0) is 12.0. The first-order valence-electron chi connectivity index (χ1n) is 4.60. The fourth-order valence-electron chi connectivity index (χ4n) is 1.47. The van der Waals surface area contributed by atoms with Crippen LogP contribution in [0, 0.1) is 11.6 Å². The van der Waals surface area contributed by atoms with E-state index in [9.17, 15) is 8.78 Å². The van der Waals surface area contributed by atoms with Gasteiger partial charge in [0.25, 0.3) is 0 Å². The highest BCUT2D eigenvalue weighted by Crippen LogP contribution is 2.25. The lowest BCUT2D eigenvalue weighted by Gasteiger charge is -1.96. The van der Waals surface area contributed by atoms with Gasteiger partial charge in [0.1, 0.15) is 0 Å². The number of nitrogens with zero attached hydrogens (tertiary/aromatic N) is 3.